The SMILES string of the molecule is Cc1ccc2nc(CCCl)n(CCOCCN(C)C)c2n1. The summed E-state index contributed by atoms with van der Waals surface area (Å²) in [6.45, 7) is 5.07. The maximum Gasteiger partial charge on any atom is 0.160 e. The molecule has 0 aliphatic rings. The van der Waals surface area contributed by atoms with Gasteiger partial charge in [0.2, 0.25) is 0 Å². The molecule has 2 heterocycles. The van der Waals surface area contributed by atoms with Gasteiger partial charge in [-0.2, -0.15) is 0 Å². The third-order valence-corrected chi connectivity index (χ3v) is 3.46. The zero-order valence-electron chi connectivity index (χ0n) is 13.0. The van der Waals surface area contributed by atoms with Crippen molar-refractivity contribution in [3.8, 4) is 0 Å². The van der Waals surface area contributed by atoms with Crippen LogP contribution in [-0.2, 0) is 17.7 Å². The van der Waals surface area contributed by atoms with Gasteiger partial charge in [0.25, 0.3) is 0 Å². The Balaban J connectivity index is 2.08. The first-order chi connectivity index (χ1) is 10.1. The fourth-order valence-electron chi connectivity index (χ4n) is 2.16. The van der Waals surface area contributed by atoms with Crippen LogP contribution >= 0.6 is 11.6 Å². The molecule has 0 aliphatic heterocycles. The summed E-state index contributed by atoms with van der Waals surface area (Å²) in [4.78, 5) is 11.3. The van der Waals surface area contributed by atoms with Gasteiger partial charge < -0.3 is 14.2 Å². The second-order valence-electron chi connectivity index (χ2n) is 5.33. The number of pyridine rings is 1. The number of alkyl halides is 1. The second-order valence-corrected chi connectivity index (χ2v) is 5.71. The molecular weight excluding hydrogens is 288 g/mol. The van der Waals surface area contributed by atoms with Gasteiger partial charge in [-0.3, -0.25) is 0 Å². The van der Waals surface area contributed by atoms with Gasteiger partial charge in [0, 0.05) is 31.1 Å². The van der Waals surface area contributed by atoms with Crippen molar-refractivity contribution in [2.45, 2.75) is 19.9 Å². The molecule has 2 rings (SSSR count). The minimum atomic E-state index is 0.559. The maximum atomic E-state index is 5.87. The van der Waals surface area contributed by atoms with Gasteiger partial charge in [-0.15, -0.1) is 11.6 Å². The lowest BCUT2D eigenvalue weighted by molar-refractivity contribution is 0.111. The van der Waals surface area contributed by atoms with Crippen LogP contribution in [0.4, 0.5) is 0 Å². The highest BCUT2D eigenvalue weighted by molar-refractivity contribution is 6.17. The number of imidazole rings is 1. The molecule has 21 heavy (non-hydrogen) atoms. The van der Waals surface area contributed by atoms with E-state index in [1.807, 2.05) is 33.2 Å². The van der Waals surface area contributed by atoms with Gasteiger partial charge in [0.15, 0.2) is 5.65 Å². The molecule has 2 aromatic rings. The summed E-state index contributed by atoms with van der Waals surface area (Å²) in [6.07, 6.45) is 0.745. The smallest absolute Gasteiger partial charge is 0.160 e. The minimum Gasteiger partial charge on any atom is -0.378 e. The number of ether oxygens (including phenoxy) is 1. The number of rotatable bonds is 8. The van der Waals surface area contributed by atoms with Crippen molar-refractivity contribution in [3.05, 3.63) is 23.7 Å². The van der Waals surface area contributed by atoms with Crippen LogP contribution in [0.15, 0.2) is 12.1 Å². The van der Waals surface area contributed by atoms with Crippen molar-refractivity contribution in [1.29, 1.82) is 0 Å². The summed E-state index contributed by atoms with van der Waals surface area (Å²) in [5, 5.41) is 0. The number of fused-ring (bicyclic) bond motifs is 1. The van der Waals surface area contributed by atoms with Crippen LogP contribution in [0.5, 0.6) is 0 Å². The molecule has 0 aliphatic carbocycles. The van der Waals surface area contributed by atoms with Gasteiger partial charge in [0.1, 0.15) is 11.3 Å². The van der Waals surface area contributed by atoms with Crippen LogP contribution in [-0.4, -0.2) is 59.2 Å². The Morgan fingerprint density at radius 1 is 1.24 bits per heavy atom. The topological polar surface area (TPSA) is 43.2 Å². The van der Waals surface area contributed by atoms with Crippen molar-refractivity contribution < 1.29 is 4.74 Å². The quantitative estimate of drug-likeness (QED) is 0.553. The molecule has 0 spiro atoms. The molecule has 6 heteroatoms. The normalized spacial score (nSPS) is 11.7. The Bertz CT molecular complexity index is 582. The van der Waals surface area contributed by atoms with Gasteiger partial charge in [-0.05, 0) is 33.2 Å². The number of hydrogen-bond donors (Lipinski definition) is 0. The number of nitrogens with zero attached hydrogens (tertiary/aromatic N) is 4. The zero-order valence-corrected chi connectivity index (χ0v) is 13.7. The van der Waals surface area contributed by atoms with Gasteiger partial charge >= 0.3 is 0 Å². The Labute approximate surface area is 130 Å². The number of halogens is 1. The Morgan fingerprint density at radius 3 is 2.76 bits per heavy atom. The van der Waals surface area contributed by atoms with Crippen LogP contribution in [0.2, 0.25) is 0 Å². The summed E-state index contributed by atoms with van der Waals surface area (Å²) in [7, 11) is 4.08. The molecule has 0 atom stereocenters. The lowest BCUT2D eigenvalue weighted by Gasteiger charge is -2.11. The Hall–Kier alpha value is -1.17. The van der Waals surface area contributed by atoms with E-state index in [9.17, 15) is 0 Å². The van der Waals surface area contributed by atoms with Crippen LogP contribution in [0, 0.1) is 6.92 Å². The molecule has 0 radical (unpaired) electrons. The Kier molecular flexibility index (Phi) is 5.96. The van der Waals surface area contributed by atoms with E-state index < -0.39 is 0 Å². The summed E-state index contributed by atoms with van der Waals surface area (Å²) >= 11 is 5.87. The van der Waals surface area contributed by atoms with Crippen molar-refractivity contribution in [2.75, 3.05) is 39.7 Å². The average Bonchev–Trinajstić information content (AvgIpc) is 2.76. The predicted molar refractivity (Wildman–Crippen MR) is 86.1 cm³/mol. The highest BCUT2D eigenvalue weighted by Crippen LogP contribution is 2.15. The number of hydrogen-bond acceptors (Lipinski definition) is 4. The Morgan fingerprint density at radius 2 is 2.05 bits per heavy atom. The first-order valence-corrected chi connectivity index (χ1v) is 7.76. The lowest BCUT2D eigenvalue weighted by Crippen LogP contribution is -2.19. The largest absolute Gasteiger partial charge is 0.378 e. The van der Waals surface area contributed by atoms with Gasteiger partial charge in [0.05, 0.1) is 13.2 Å². The highest BCUT2D eigenvalue weighted by Gasteiger charge is 2.11. The van der Waals surface area contributed by atoms with Crippen LogP contribution < -0.4 is 0 Å². The van der Waals surface area contributed by atoms with Crippen molar-refractivity contribution in [3.63, 3.8) is 0 Å². The average molecular weight is 311 g/mol. The molecule has 0 amide bonds. The highest BCUT2D eigenvalue weighted by atomic mass is 35.5. The predicted octanol–water partition coefficient (Wildman–Crippen LogP) is 2.10. The minimum absolute atomic E-state index is 0.559. The van der Waals surface area contributed by atoms with E-state index in [1.54, 1.807) is 0 Å². The van der Waals surface area contributed by atoms with E-state index in [0.717, 1.165) is 48.8 Å². The molecule has 0 saturated heterocycles. The molecule has 0 unspecified atom stereocenters. The van der Waals surface area contributed by atoms with Gasteiger partial charge in [-0.1, -0.05) is 0 Å². The summed E-state index contributed by atoms with van der Waals surface area (Å²) < 4.78 is 7.80. The number of aryl methyl sites for hydroxylation is 2. The van der Waals surface area contributed by atoms with Crippen molar-refractivity contribution in [2.24, 2.45) is 0 Å². The zero-order chi connectivity index (χ0) is 15.2. The standard InChI is InChI=1S/C15H23ClN4O/c1-12-4-5-13-15(17-12)20(14(18-13)6-7-16)9-11-21-10-8-19(2)3/h4-5H,6-11H2,1-3H3. The van der Waals surface area contributed by atoms with E-state index in [-0.39, 0.29) is 0 Å². The molecule has 2 aromatic heterocycles. The van der Waals surface area contributed by atoms with Crippen LogP contribution in [0.25, 0.3) is 11.2 Å². The molecule has 5 nitrogen and oxygen atoms in total. The fraction of sp³-hybridized carbons (Fsp3) is 0.600. The lowest BCUT2D eigenvalue weighted by atomic mass is 10.3. The number of aromatic nitrogens is 3. The summed E-state index contributed by atoms with van der Waals surface area (Å²) in [6, 6.07) is 4.00. The molecule has 0 aromatic carbocycles. The third-order valence-electron chi connectivity index (χ3n) is 3.27. The second kappa shape index (κ2) is 7.73. The van der Waals surface area contributed by atoms with Gasteiger partial charge in [-0.25, -0.2) is 9.97 Å². The molecule has 116 valence electrons. The molecule has 0 N–H and O–H groups in total. The molecule has 0 bridgehead atoms. The van der Waals surface area contributed by atoms with E-state index >= 15 is 0 Å². The first-order valence-electron chi connectivity index (χ1n) is 7.23. The monoisotopic (exact) mass is 310 g/mol. The molecular formula is C15H23ClN4O. The van der Waals surface area contributed by atoms with Crippen LogP contribution in [0.3, 0.4) is 0 Å². The fourth-order valence-corrected chi connectivity index (χ4v) is 2.33. The third kappa shape index (κ3) is 4.40. The van der Waals surface area contributed by atoms with Crippen molar-refractivity contribution in [1.82, 2.24) is 19.4 Å². The van der Waals surface area contributed by atoms with Crippen LogP contribution in [0.1, 0.15) is 11.5 Å². The molecule has 0 fully saturated rings. The van der Waals surface area contributed by atoms with E-state index in [4.69, 9.17) is 16.3 Å². The van der Waals surface area contributed by atoms with Crippen molar-refractivity contribution >= 4 is 22.8 Å². The first kappa shape index (κ1) is 16.2. The van der Waals surface area contributed by atoms with E-state index in [0.29, 0.717) is 12.5 Å². The summed E-state index contributed by atoms with van der Waals surface area (Å²) in [5.41, 5.74) is 2.84. The maximum absolute atomic E-state index is 5.87. The van der Waals surface area contributed by atoms with E-state index in [2.05, 4.69) is 19.4 Å². The van der Waals surface area contributed by atoms with E-state index in [1.165, 1.54) is 0 Å². The molecule has 0 saturated carbocycles. The number of likely N-dealkylation sites (N-methyl/N-ethyl adjacent to an activating group) is 1. The summed E-state index contributed by atoms with van der Waals surface area (Å²) in [5.74, 6) is 1.54.